The van der Waals surface area contributed by atoms with Gasteiger partial charge in [-0.1, -0.05) is 13.3 Å². The number of hydrogen-bond donors (Lipinski definition) is 1. The van der Waals surface area contributed by atoms with Gasteiger partial charge in [0.05, 0.1) is 18.6 Å². The van der Waals surface area contributed by atoms with Crippen molar-refractivity contribution >= 4 is 5.91 Å². The molecule has 5 heteroatoms. The van der Waals surface area contributed by atoms with Gasteiger partial charge >= 0.3 is 0 Å². The van der Waals surface area contributed by atoms with Crippen LogP contribution in [0.25, 0.3) is 0 Å². The van der Waals surface area contributed by atoms with Crippen molar-refractivity contribution in [3.63, 3.8) is 0 Å². The van der Waals surface area contributed by atoms with E-state index in [1.165, 1.54) is 0 Å². The highest BCUT2D eigenvalue weighted by Gasteiger charge is 2.43. The molecule has 118 valence electrons. The van der Waals surface area contributed by atoms with Gasteiger partial charge in [-0.3, -0.25) is 4.79 Å². The number of amides is 1. The normalized spacial score (nSPS) is 25.4. The zero-order valence-electron chi connectivity index (χ0n) is 13.4. The summed E-state index contributed by atoms with van der Waals surface area (Å²) in [6.45, 7) is 7.83. The third kappa shape index (κ3) is 5.04. The van der Waals surface area contributed by atoms with E-state index in [1.807, 2.05) is 20.9 Å². The van der Waals surface area contributed by atoms with Crippen molar-refractivity contribution < 1.29 is 14.3 Å². The molecule has 20 heavy (non-hydrogen) atoms. The summed E-state index contributed by atoms with van der Waals surface area (Å²) in [5.74, 6) is -0.514. The summed E-state index contributed by atoms with van der Waals surface area (Å²) in [6.07, 6.45) is 3.91. The van der Waals surface area contributed by atoms with E-state index in [-0.39, 0.29) is 5.91 Å². The summed E-state index contributed by atoms with van der Waals surface area (Å²) in [4.78, 5) is 14.2. The summed E-state index contributed by atoms with van der Waals surface area (Å²) in [5.41, 5.74) is 5.24. The number of ether oxygens (including phenoxy) is 2. The Balaban J connectivity index is 2.68. The second kappa shape index (κ2) is 7.38. The molecule has 1 atom stereocenters. The van der Waals surface area contributed by atoms with E-state index in [2.05, 4.69) is 6.92 Å². The minimum Gasteiger partial charge on any atom is -0.350 e. The Bertz CT molecular complexity index is 316. The van der Waals surface area contributed by atoms with Crippen LogP contribution >= 0.6 is 0 Å². The van der Waals surface area contributed by atoms with Gasteiger partial charge in [0, 0.05) is 20.0 Å². The largest absolute Gasteiger partial charge is 0.350 e. The van der Waals surface area contributed by atoms with Crippen molar-refractivity contribution in [3.8, 4) is 0 Å². The molecule has 2 N–H and O–H groups in total. The van der Waals surface area contributed by atoms with E-state index in [0.717, 1.165) is 25.8 Å². The van der Waals surface area contributed by atoms with Crippen molar-refractivity contribution in [2.24, 2.45) is 5.73 Å². The number of unbranched alkanes of at least 4 members (excludes halogenated alkanes) is 1. The van der Waals surface area contributed by atoms with Gasteiger partial charge in [-0.15, -0.1) is 0 Å². The lowest BCUT2D eigenvalue weighted by atomic mass is 9.89. The van der Waals surface area contributed by atoms with Gasteiger partial charge in [0.2, 0.25) is 5.91 Å². The number of rotatable bonds is 7. The van der Waals surface area contributed by atoms with Crippen molar-refractivity contribution in [2.75, 3.05) is 26.7 Å². The maximum atomic E-state index is 12.4. The van der Waals surface area contributed by atoms with Crippen molar-refractivity contribution in [1.82, 2.24) is 4.90 Å². The van der Waals surface area contributed by atoms with Gasteiger partial charge < -0.3 is 20.1 Å². The second-order valence-corrected chi connectivity index (χ2v) is 6.17. The Kier molecular flexibility index (Phi) is 6.43. The van der Waals surface area contributed by atoms with E-state index in [0.29, 0.717) is 26.0 Å². The first-order chi connectivity index (χ1) is 9.34. The van der Waals surface area contributed by atoms with Crippen LogP contribution in [0, 0.1) is 0 Å². The van der Waals surface area contributed by atoms with Crippen molar-refractivity contribution in [2.45, 2.75) is 64.3 Å². The molecule has 0 aromatic heterocycles. The second-order valence-electron chi connectivity index (χ2n) is 6.17. The lowest BCUT2D eigenvalue weighted by molar-refractivity contribution is -0.311. The fourth-order valence-corrected chi connectivity index (χ4v) is 2.67. The summed E-state index contributed by atoms with van der Waals surface area (Å²) in [6, 6.07) is 0. The minimum absolute atomic E-state index is 0.129. The molecule has 0 aromatic rings. The average Bonchev–Trinajstić information content (AvgIpc) is 2.34. The Morgan fingerprint density at radius 3 is 2.65 bits per heavy atom. The van der Waals surface area contributed by atoms with Crippen LogP contribution in [0.5, 0.6) is 0 Å². The summed E-state index contributed by atoms with van der Waals surface area (Å²) < 4.78 is 11.7. The lowest BCUT2D eigenvalue weighted by Gasteiger charge is -2.45. The molecular weight excluding hydrogens is 256 g/mol. The minimum atomic E-state index is -0.643. The number of nitrogens with two attached hydrogens (primary N) is 1. The molecule has 5 nitrogen and oxygen atoms in total. The smallest absolute Gasteiger partial charge is 0.225 e. The number of hydrogen-bond acceptors (Lipinski definition) is 4. The number of carbonyl (C=O) groups is 1. The van der Waals surface area contributed by atoms with Gasteiger partial charge in [0.15, 0.2) is 5.79 Å². The summed E-state index contributed by atoms with van der Waals surface area (Å²) in [7, 11) is 1.86. The van der Waals surface area contributed by atoms with Crippen LogP contribution in [-0.2, 0) is 14.3 Å². The molecule has 0 saturated carbocycles. The summed E-state index contributed by atoms with van der Waals surface area (Å²) >= 11 is 0. The molecule has 0 radical (unpaired) electrons. The molecule has 1 amide bonds. The molecule has 1 rings (SSSR count). The molecular formula is C15H30N2O3. The standard InChI is InChI=1S/C15H30N2O3/c1-5-6-10-17(4)13(18)12-15(7-9-16)8-11-19-14(2,3)20-15/h5-12,16H2,1-4H3. The van der Waals surface area contributed by atoms with Crippen LogP contribution in [0.1, 0.15) is 52.9 Å². The zero-order chi connectivity index (χ0) is 15.2. The van der Waals surface area contributed by atoms with Crippen LogP contribution in [-0.4, -0.2) is 48.9 Å². The molecule has 0 bridgehead atoms. The van der Waals surface area contributed by atoms with E-state index < -0.39 is 11.4 Å². The molecule has 1 heterocycles. The number of carbonyl (C=O) groups excluding carboxylic acids is 1. The van der Waals surface area contributed by atoms with E-state index >= 15 is 0 Å². The van der Waals surface area contributed by atoms with Crippen LogP contribution in [0.2, 0.25) is 0 Å². The van der Waals surface area contributed by atoms with Gasteiger partial charge in [0.25, 0.3) is 0 Å². The fourth-order valence-electron chi connectivity index (χ4n) is 2.67. The van der Waals surface area contributed by atoms with Crippen molar-refractivity contribution in [1.29, 1.82) is 0 Å². The molecule has 1 unspecified atom stereocenters. The van der Waals surface area contributed by atoms with Crippen LogP contribution in [0.3, 0.4) is 0 Å². The topological polar surface area (TPSA) is 64.8 Å². The third-order valence-corrected chi connectivity index (χ3v) is 3.82. The predicted molar refractivity (Wildman–Crippen MR) is 79.3 cm³/mol. The maximum Gasteiger partial charge on any atom is 0.225 e. The van der Waals surface area contributed by atoms with Crippen LogP contribution in [0.15, 0.2) is 0 Å². The molecule has 1 aliphatic heterocycles. The SMILES string of the molecule is CCCCN(C)C(=O)CC1(CCN)CCOC(C)(C)O1. The molecule has 0 aliphatic carbocycles. The van der Waals surface area contributed by atoms with Gasteiger partial charge in [0.1, 0.15) is 0 Å². The highest BCUT2D eigenvalue weighted by atomic mass is 16.7. The molecule has 1 aliphatic rings. The zero-order valence-corrected chi connectivity index (χ0v) is 13.4. The third-order valence-electron chi connectivity index (χ3n) is 3.82. The van der Waals surface area contributed by atoms with E-state index in [4.69, 9.17) is 15.2 Å². The Morgan fingerprint density at radius 2 is 2.10 bits per heavy atom. The van der Waals surface area contributed by atoms with Crippen LogP contribution < -0.4 is 5.73 Å². The van der Waals surface area contributed by atoms with Crippen molar-refractivity contribution in [3.05, 3.63) is 0 Å². The average molecular weight is 286 g/mol. The molecule has 0 spiro atoms. The van der Waals surface area contributed by atoms with E-state index in [1.54, 1.807) is 4.90 Å². The Morgan fingerprint density at radius 1 is 1.40 bits per heavy atom. The van der Waals surface area contributed by atoms with E-state index in [9.17, 15) is 4.79 Å². The first-order valence-corrected chi connectivity index (χ1v) is 7.62. The summed E-state index contributed by atoms with van der Waals surface area (Å²) in [5, 5.41) is 0. The maximum absolute atomic E-state index is 12.4. The Hall–Kier alpha value is -0.650. The quantitative estimate of drug-likeness (QED) is 0.776. The highest BCUT2D eigenvalue weighted by molar-refractivity contribution is 5.77. The predicted octanol–water partition coefficient (Wildman–Crippen LogP) is 1.90. The van der Waals surface area contributed by atoms with Gasteiger partial charge in [-0.2, -0.15) is 0 Å². The van der Waals surface area contributed by atoms with Gasteiger partial charge in [-0.05, 0) is 33.2 Å². The fraction of sp³-hybridized carbons (Fsp3) is 0.933. The Labute approximate surface area is 122 Å². The number of nitrogens with zero attached hydrogens (tertiary/aromatic N) is 1. The van der Waals surface area contributed by atoms with Crippen LogP contribution in [0.4, 0.5) is 0 Å². The monoisotopic (exact) mass is 286 g/mol. The first kappa shape index (κ1) is 17.4. The molecule has 1 saturated heterocycles. The first-order valence-electron chi connectivity index (χ1n) is 7.62. The van der Waals surface area contributed by atoms with Gasteiger partial charge in [-0.25, -0.2) is 0 Å². The lowest BCUT2D eigenvalue weighted by Crippen LogP contribution is -2.52. The molecule has 1 fully saturated rings. The highest BCUT2D eigenvalue weighted by Crippen LogP contribution is 2.35. The molecule has 0 aromatic carbocycles.